The van der Waals surface area contributed by atoms with Gasteiger partial charge in [0.15, 0.2) is 0 Å². The Labute approximate surface area is 204 Å². The van der Waals surface area contributed by atoms with Gasteiger partial charge >= 0.3 is 23.9 Å². The Balaban J connectivity index is 0.000000459. The van der Waals surface area contributed by atoms with Gasteiger partial charge < -0.3 is 23.5 Å². The zero-order valence-corrected chi connectivity index (χ0v) is 21.4. The predicted octanol–water partition coefficient (Wildman–Crippen LogP) is 4.07. The van der Waals surface area contributed by atoms with Crippen LogP contribution in [0.1, 0.15) is 5.56 Å². The molecule has 28 heavy (non-hydrogen) atoms. The quantitative estimate of drug-likeness (QED) is 0.154. The van der Waals surface area contributed by atoms with Crippen LogP contribution < -0.4 is 10.8 Å². The molecule has 0 aromatic heterocycles. The van der Waals surface area contributed by atoms with E-state index in [1.807, 2.05) is 60.7 Å². The van der Waals surface area contributed by atoms with Crippen LogP contribution in [0.4, 0.5) is 0 Å². The summed E-state index contributed by atoms with van der Waals surface area (Å²) in [4.78, 5) is 0. The number of benzene rings is 3. The van der Waals surface area contributed by atoms with Crippen molar-refractivity contribution in [3.63, 3.8) is 0 Å². The Kier molecular flexibility index (Phi) is 15.7. The number of amidine groups is 1. The SMILES string of the molecule is NC([S-])=N/N=C/c1cc(Br)cc(Br)c1[O-].[Sn+2].[c]1ccccc1.[c]1ccccc1. The molecule has 0 saturated carbocycles. The second kappa shape index (κ2) is 16.5. The first kappa shape index (κ1) is 26.6. The van der Waals surface area contributed by atoms with Crippen LogP contribution in [0.15, 0.2) is 91.9 Å². The summed E-state index contributed by atoms with van der Waals surface area (Å²) in [5, 5.41) is 18.5. The van der Waals surface area contributed by atoms with Gasteiger partial charge in [-0.25, -0.2) is 0 Å². The molecule has 3 rings (SSSR count). The van der Waals surface area contributed by atoms with Gasteiger partial charge in [0.05, 0.1) is 6.21 Å². The Morgan fingerprint density at radius 1 is 0.964 bits per heavy atom. The van der Waals surface area contributed by atoms with E-state index in [0.29, 0.717) is 10.0 Å². The zero-order chi connectivity index (χ0) is 19.9. The third-order valence-electron chi connectivity index (χ3n) is 2.60. The fraction of sp³-hybridized carbons (Fsp3) is 0. The molecule has 0 saturated heterocycles. The van der Waals surface area contributed by atoms with E-state index in [4.69, 9.17) is 5.73 Å². The van der Waals surface area contributed by atoms with Crippen molar-refractivity contribution in [2.75, 3.05) is 0 Å². The predicted molar refractivity (Wildman–Crippen MR) is 124 cm³/mol. The van der Waals surface area contributed by atoms with Crippen molar-refractivity contribution in [3.8, 4) is 5.75 Å². The Morgan fingerprint density at radius 2 is 1.46 bits per heavy atom. The van der Waals surface area contributed by atoms with Crippen LogP contribution in [0.25, 0.3) is 0 Å². The van der Waals surface area contributed by atoms with Crippen LogP contribution in [-0.2, 0) is 12.6 Å². The molecule has 0 aliphatic rings. The van der Waals surface area contributed by atoms with Gasteiger partial charge in [0.1, 0.15) is 0 Å². The molecule has 3 aromatic rings. The van der Waals surface area contributed by atoms with E-state index in [2.05, 4.69) is 66.8 Å². The summed E-state index contributed by atoms with van der Waals surface area (Å²) in [6, 6.07) is 28.3. The Bertz CT molecular complexity index is 762. The van der Waals surface area contributed by atoms with Crippen molar-refractivity contribution in [3.05, 3.63) is 99.4 Å². The summed E-state index contributed by atoms with van der Waals surface area (Å²) in [7, 11) is 0. The molecule has 0 amide bonds. The maximum absolute atomic E-state index is 11.5. The summed E-state index contributed by atoms with van der Waals surface area (Å²) in [5.74, 6) is -0.167. The minimum atomic E-state index is -0.167. The van der Waals surface area contributed by atoms with Crippen molar-refractivity contribution < 1.29 is 5.11 Å². The van der Waals surface area contributed by atoms with Crippen LogP contribution in [0, 0.1) is 12.1 Å². The van der Waals surface area contributed by atoms with Gasteiger partial charge in [0.25, 0.3) is 0 Å². The topological polar surface area (TPSA) is 73.8 Å². The van der Waals surface area contributed by atoms with Crippen molar-refractivity contribution in [2.24, 2.45) is 15.9 Å². The monoisotopic (exact) mass is 623 g/mol. The van der Waals surface area contributed by atoms with Gasteiger partial charge in [-0.2, -0.15) is 10.2 Å². The van der Waals surface area contributed by atoms with E-state index >= 15 is 0 Å². The van der Waals surface area contributed by atoms with Gasteiger partial charge in [-0.15, -0.1) is 0 Å². The molecule has 0 heterocycles. The molecule has 8 heteroatoms. The molecule has 140 valence electrons. The molecular weight excluding hydrogens is 609 g/mol. The molecule has 4 radical (unpaired) electrons. The van der Waals surface area contributed by atoms with E-state index in [1.54, 1.807) is 12.1 Å². The van der Waals surface area contributed by atoms with Crippen LogP contribution in [0.3, 0.4) is 0 Å². The first-order chi connectivity index (χ1) is 13.0. The van der Waals surface area contributed by atoms with Crippen molar-refractivity contribution >= 4 is 79.8 Å². The van der Waals surface area contributed by atoms with Crippen molar-refractivity contribution in [1.82, 2.24) is 0 Å². The summed E-state index contributed by atoms with van der Waals surface area (Å²) in [6.45, 7) is 0. The van der Waals surface area contributed by atoms with E-state index in [1.165, 1.54) is 6.21 Å². The van der Waals surface area contributed by atoms with Crippen LogP contribution in [0.2, 0.25) is 0 Å². The molecule has 0 atom stereocenters. The van der Waals surface area contributed by atoms with Gasteiger partial charge in [0, 0.05) is 8.95 Å². The van der Waals surface area contributed by atoms with Gasteiger partial charge in [0.2, 0.25) is 0 Å². The Hall–Kier alpha value is -1.42. The van der Waals surface area contributed by atoms with Gasteiger partial charge in [-0.3, -0.25) is 0 Å². The standard InChI is InChI=1S/C8H7Br2N3OS.2C6H5.Sn/c9-5-1-4(3-12-13-8(11)15)7(14)6(10)2-5;2*1-2-4-6-5-3-1;/h1-3,14H,(H3,11,13,15);2*1-5H;/q;;;+2/p-2/b12-3+;;;. The molecule has 0 fully saturated rings. The number of hydrogen-bond acceptors (Lipinski definition) is 4. The van der Waals surface area contributed by atoms with Gasteiger partial charge in [-0.05, 0) is 35.0 Å². The minimum Gasteiger partial charge on any atom is -0.871 e. The number of hydrogen-bond donors (Lipinski definition) is 1. The van der Waals surface area contributed by atoms with Gasteiger partial charge in [-0.1, -0.05) is 98.3 Å². The van der Waals surface area contributed by atoms with E-state index in [-0.39, 0.29) is 34.8 Å². The number of nitrogens with zero attached hydrogens (tertiary/aromatic N) is 2. The van der Waals surface area contributed by atoms with Crippen LogP contribution in [0.5, 0.6) is 5.75 Å². The fourth-order valence-electron chi connectivity index (χ4n) is 1.51. The molecule has 0 spiro atoms. The third-order valence-corrected chi connectivity index (χ3v) is 3.73. The molecule has 0 aliphatic carbocycles. The normalized spacial score (nSPS) is 10.0. The molecule has 0 unspecified atom stereocenters. The second-order valence-corrected chi connectivity index (χ2v) is 6.83. The summed E-state index contributed by atoms with van der Waals surface area (Å²) < 4.78 is 1.22. The summed E-state index contributed by atoms with van der Waals surface area (Å²) in [5.41, 5.74) is 5.51. The smallest absolute Gasteiger partial charge is 0.871 e. The first-order valence-electron chi connectivity index (χ1n) is 7.52. The maximum atomic E-state index is 11.5. The molecule has 0 aliphatic heterocycles. The molecule has 4 nitrogen and oxygen atoms in total. The first-order valence-corrected chi connectivity index (χ1v) is 9.52. The third kappa shape index (κ3) is 12.9. The van der Waals surface area contributed by atoms with Crippen LogP contribution >= 0.6 is 31.9 Å². The van der Waals surface area contributed by atoms with E-state index < -0.39 is 0 Å². The van der Waals surface area contributed by atoms with E-state index in [9.17, 15) is 5.11 Å². The summed E-state index contributed by atoms with van der Waals surface area (Å²) in [6.07, 6.45) is 1.30. The average Bonchev–Trinajstić information content (AvgIpc) is 2.69. The number of rotatable bonds is 2. The molecule has 0 bridgehead atoms. The van der Waals surface area contributed by atoms with Crippen molar-refractivity contribution in [1.29, 1.82) is 0 Å². The zero-order valence-electron chi connectivity index (χ0n) is 14.5. The minimum absolute atomic E-state index is 0. The number of halogens is 2. The molecular formula is C20H15Br2N3OSSn. The second-order valence-electron chi connectivity index (χ2n) is 4.64. The molecule has 2 N–H and O–H groups in total. The Morgan fingerprint density at radius 3 is 1.82 bits per heavy atom. The maximum Gasteiger partial charge on any atom is 2.00 e. The largest absolute Gasteiger partial charge is 2.00 e. The molecule has 3 aromatic carbocycles. The number of nitrogens with two attached hydrogens (primary N) is 1. The van der Waals surface area contributed by atoms with Crippen LogP contribution in [-0.4, -0.2) is 35.3 Å². The fourth-order valence-corrected chi connectivity index (χ4v) is 2.81. The van der Waals surface area contributed by atoms with E-state index in [0.717, 1.165) is 4.47 Å². The average molecular weight is 624 g/mol. The summed E-state index contributed by atoms with van der Waals surface area (Å²) >= 11 is 10.9. The van der Waals surface area contributed by atoms with Crippen molar-refractivity contribution in [2.45, 2.75) is 0 Å².